The van der Waals surface area contributed by atoms with Crippen LogP contribution in [0.15, 0.2) is 24.3 Å². The normalized spacial score (nSPS) is 12.8. The third-order valence-corrected chi connectivity index (χ3v) is 3.24. The summed E-state index contributed by atoms with van der Waals surface area (Å²) in [6, 6.07) is 6.61. The lowest BCUT2D eigenvalue weighted by Gasteiger charge is -2.20. The van der Waals surface area contributed by atoms with E-state index in [-0.39, 0.29) is 11.9 Å². The van der Waals surface area contributed by atoms with Crippen LogP contribution < -0.4 is 5.32 Å². The number of ether oxygens (including phenoxy) is 1. The SMILES string of the molecule is CCC(CCNC(=O)OC(C)(C)C)Cc1ccc(F)cc1. The second kappa shape index (κ2) is 8.01. The minimum Gasteiger partial charge on any atom is -0.444 e. The first-order chi connectivity index (χ1) is 9.80. The Balaban J connectivity index is 2.34. The summed E-state index contributed by atoms with van der Waals surface area (Å²) < 4.78 is 18.1. The molecule has 0 aliphatic carbocycles. The highest BCUT2D eigenvalue weighted by atomic mass is 19.1. The lowest BCUT2D eigenvalue weighted by molar-refractivity contribution is 0.0525. The molecule has 0 aromatic heterocycles. The van der Waals surface area contributed by atoms with Crippen LogP contribution in [0.4, 0.5) is 9.18 Å². The van der Waals surface area contributed by atoms with E-state index in [9.17, 15) is 9.18 Å². The molecule has 0 saturated heterocycles. The van der Waals surface area contributed by atoms with Crippen molar-refractivity contribution in [2.45, 2.75) is 52.6 Å². The maximum atomic E-state index is 12.9. The van der Waals surface area contributed by atoms with Crippen molar-refractivity contribution >= 4 is 6.09 Å². The van der Waals surface area contributed by atoms with Gasteiger partial charge < -0.3 is 10.1 Å². The molecule has 0 heterocycles. The van der Waals surface area contributed by atoms with Crippen LogP contribution in [0.3, 0.4) is 0 Å². The van der Waals surface area contributed by atoms with Gasteiger partial charge in [0.15, 0.2) is 0 Å². The largest absolute Gasteiger partial charge is 0.444 e. The zero-order chi connectivity index (χ0) is 15.9. The fourth-order valence-electron chi connectivity index (χ4n) is 2.10. The first-order valence-electron chi connectivity index (χ1n) is 7.51. The van der Waals surface area contributed by atoms with Gasteiger partial charge in [-0.25, -0.2) is 9.18 Å². The van der Waals surface area contributed by atoms with Crippen LogP contribution in [0.1, 0.15) is 46.1 Å². The van der Waals surface area contributed by atoms with Crippen molar-refractivity contribution < 1.29 is 13.9 Å². The van der Waals surface area contributed by atoms with Gasteiger partial charge in [0.05, 0.1) is 0 Å². The highest BCUT2D eigenvalue weighted by molar-refractivity contribution is 5.67. The van der Waals surface area contributed by atoms with Crippen molar-refractivity contribution in [2.24, 2.45) is 5.92 Å². The van der Waals surface area contributed by atoms with Crippen molar-refractivity contribution in [2.75, 3.05) is 6.54 Å². The van der Waals surface area contributed by atoms with Gasteiger partial charge in [-0.15, -0.1) is 0 Å². The van der Waals surface area contributed by atoms with E-state index in [2.05, 4.69) is 12.2 Å². The number of hydrogen-bond acceptors (Lipinski definition) is 2. The molecule has 0 aliphatic rings. The third-order valence-electron chi connectivity index (χ3n) is 3.24. The maximum absolute atomic E-state index is 12.9. The summed E-state index contributed by atoms with van der Waals surface area (Å²) in [5, 5.41) is 2.78. The summed E-state index contributed by atoms with van der Waals surface area (Å²) >= 11 is 0. The molecule has 0 radical (unpaired) electrons. The summed E-state index contributed by atoms with van der Waals surface area (Å²) in [4.78, 5) is 11.5. The first-order valence-corrected chi connectivity index (χ1v) is 7.51. The minimum atomic E-state index is -0.470. The Labute approximate surface area is 126 Å². The Bertz CT molecular complexity index is 437. The zero-order valence-corrected chi connectivity index (χ0v) is 13.4. The predicted molar refractivity (Wildman–Crippen MR) is 82.7 cm³/mol. The standard InChI is InChI=1S/C17H26FNO2/c1-5-13(12-14-6-8-15(18)9-7-14)10-11-19-16(20)21-17(2,3)4/h6-9,13H,5,10-12H2,1-4H3,(H,19,20). The molecule has 0 fully saturated rings. The van der Waals surface area contributed by atoms with Gasteiger partial charge in [-0.05, 0) is 57.2 Å². The minimum absolute atomic E-state index is 0.210. The molecule has 4 heteroatoms. The smallest absolute Gasteiger partial charge is 0.407 e. The van der Waals surface area contributed by atoms with Crippen LogP contribution in [0.2, 0.25) is 0 Å². The number of carbonyl (C=O) groups is 1. The van der Waals surface area contributed by atoms with E-state index in [1.807, 2.05) is 32.9 Å². The topological polar surface area (TPSA) is 38.3 Å². The van der Waals surface area contributed by atoms with Crippen LogP contribution in [0.25, 0.3) is 0 Å². The Morgan fingerprint density at radius 2 is 1.90 bits per heavy atom. The van der Waals surface area contributed by atoms with Crippen molar-refractivity contribution in [1.82, 2.24) is 5.32 Å². The maximum Gasteiger partial charge on any atom is 0.407 e. The number of nitrogens with one attached hydrogen (secondary N) is 1. The van der Waals surface area contributed by atoms with E-state index in [4.69, 9.17) is 4.74 Å². The lowest BCUT2D eigenvalue weighted by Crippen LogP contribution is -2.33. The summed E-state index contributed by atoms with van der Waals surface area (Å²) in [6.07, 6.45) is 2.42. The summed E-state index contributed by atoms with van der Waals surface area (Å²) in [6.45, 7) is 8.25. The van der Waals surface area contributed by atoms with Gasteiger partial charge in [-0.1, -0.05) is 25.5 Å². The molecule has 0 saturated carbocycles. The molecule has 1 N–H and O–H groups in total. The van der Waals surface area contributed by atoms with Crippen molar-refractivity contribution in [3.05, 3.63) is 35.6 Å². The van der Waals surface area contributed by atoms with Crippen molar-refractivity contribution in [3.63, 3.8) is 0 Å². The van der Waals surface area contributed by atoms with Crippen LogP contribution >= 0.6 is 0 Å². The average molecular weight is 295 g/mol. The Kier molecular flexibility index (Phi) is 6.66. The van der Waals surface area contributed by atoms with Gasteiger partial charge in [0, 0.05) is 6.54 Å². The van der Waals surface area contributed by atoms with Gasteiger partial charge in [0.1, 0.15) is 11.4 Å². The number of halogens is 1. The number of hydrogen-bond donors (Lipinski definition) is 1. The highest BCUT2D eigenvalue weighted by Gasteiger charge is 2.16. The molecular formula is C17H26FNO2. The molecule has 1 rings (SSSR count). The van der Waals surface area contributed by atoms with E-state index in [1.165, 1.54) is 12.1 Å². The van der Waals surface area contributed by atoms with E-state index in [0.29, 0.717) is 12.5 Å². The highest BCUT2D eigenvalue weighted by Crippen LogP contribution is 2.16. The molecule has 1 amide bonds. The van der Waals surface area contributed by atoms with E-state index in [1.54, 1.807) is 0 Å². The number of amides is 1. The van der Waals surface area contributed by atoms with Gasteiger partial charge in [-0.3, -0.25) is 0 Å². The molecular weight excluding hydrogens is 269 g/mol. The third kappa shape index (κ3) is 7.69. The molecule has 1 unspecified atom stereocenters. The quantitative estimate of drug-likeness (QED) is 0.849. The van der Waals surface area contributed by atoms with Gasteiger partial charge in [-0.2, -0.15) is 0 Å². The van der Waals surface area contributed by atoms with Crippen LogP contribution in [-0.4, -0.2) is 18.2 Å². The molecule has 0 spiro atoms. The fraction of sp³-hybridized carbons (Fsp3) is 0.588. The lowest BCUT2D eigenvalue weighted by atomic mass is 9.94. The van der Waals surface area contributed by atoms with Crippen molar-refractivity contribution in [3.8, 4) is 0 Å². The number of rotatable bonds is 6. The first kappa shape index (κ1) is 17.5. The molecule has 3 nitrogen and oxygen atoms in total. The van der Waals surface area contributed by atoms with Crippen LogP contribution in [0.5, 0.6) is 0 Å². The molecule has 1 aromatic carbocycles. The fourth-order valence-corrected chi connectivity index (χ4v) is 2.10. The summed E-state index contributed by atoms with van der Waals surface area (Å²) in [5.74, 6) is 0.254. The van der Waals surface area contributed by atoms with Crippen LogP contribution in [-0.2, 0) is 11.2 Å². The summed E-state index contributed by atoms with van der Waals surface area (Å²) in [5.41, 5.74) is 0.656. The second-order valence-electron chi connectivity index (χ2n) is 6.32. The van der Waals surface area contributed by atoms with E-state index >= 15 is 0 Å². The molecule has 0 aliphatic heterocycles. The van der Waals surface area contributed by atoms with E-state index in [0.717, 1.165) is 24.8 Å². The summed E-state index contributed by atoms with van der Waals surface area (Å²) in [7, 11) is 0. The zero-order valence-electron chi connectivity index (χ0n) is 13.4. The molecule has 118 valence electrons. The molecule has 21 heavy (non-hydrogen) atoms. The number of benzene rings is 1. The van der Waals surface area contributed by atoms with Gasteiger partial charge in [0.25, 0.3) is 0 Å². The van der Waals surface area contributed by atoms with Gasteiger partial charge in [0.2, 0.25) is 0 Å². The Morgan fingerprint density at radius 1 is 1.29 bits per heavy atom. The van der Waals surface area contributed by atoms with Crippen molar-refractivity contribution in [1.29, 1.82) is 0 Å². The molecule has 0 bridgehead atoms. The average Bonchev–Trinajstić information content (AvgIpc) is 2.38. The number of carbonyl (C=O) groups excluding carboxylic acids is 1. The molecule has 1 aromatic rings. The number of alkyl carbamates (subject to hydrolysis) is 1. The predicted octanol–water partition coefficient (Wildman–Crippen LogP) is 4.31. The second-order valence-corrected chi connectivity index (χ2v) is 6.32. The van der Waals surface area contributed by atoms with E-state index < -0.39 is 5.60 Å². The van der Waals surface area contributed by atoms with Gasteiger partial charge >= 0.3 is 6.09 Å². The monoisotopic (exact) mass is 295 g/mol. The van der Waals surface area contributed by atoms with Crippen LogP contribution in [0, 0.1) is 11.7 Å². The Hall–Kier alpha value is -1.58. The Morgan fingerprint density at radius 3 is 2.43 bits per heavy atom. The molecule has 1 atom stereocenters.